The number of amides is 1. The number of carbonyl (C=O) groups is 1. The molecule has 3 rings (SSSR count). The molecular formula is C20H17FN2OS. The Morgan fingerprint density at radius 2 is 1.92 bits per heavy atom. The minimum atomic E-state index is -0.324. The number of carbonyl (C=O) groups excluding carboxylic acids is 1. The summed E-state index contributed by atoms with van der Waals surface area (Å²) >= 11 is 1.45. The summed E-state index contributed by atoms with van der Waals surface area (Å²) in [6.07, 6.45) is 5.62. The minimum absolute atomic E-state index is 0.128. The predicted octanol–water partition coefficient (Wildman–Crippen LogP) is 3.76. The van der Waals surface area contributed by atoms with E-state index in [1.165, 1.54) is 34.6 Å². The highest BCUT2D eigenvalue weighted by Crippen LogP contribution is 2.22. The Hall–Kier alpha value is -2.71. The minimum Gasteiger partial charge on any atom is -0.305 e. The number of benzene rings is 2. The molecule has 2 aromatic carbocycles. The van der Waals surface area contributed by atoms with E-state index in [0.29, 0.717) is 11.3 Å². The van der Waals surface area contributed by atoms with E-state index in [-0.39, 0.29) is 18.1 Å². The van der Waals surface area contributed by atoms with Gasteiger partial charge in [-0.05, 0) is 54.8 Å². The van der Waals surface area contributed by atoms with E-state index in [4.69, 9.17) is 6.42 Å². The Labute approximate surface area is 149 Å². The van der Waals surface area contributed by atoms with E-state index in [1.54, 1.807) is 12.1 Å². The molecule has 0 aliphatic heterocycles. The van der Waals surface area contributed by atoms with Crippen molar-refractivity contribution in [3.05, 3.63) is 63.7 Å². The monoisotopic (exact) mass is 352 g/mol. The van der Waals surface area contributed by atoms with Crippen molar-refractivity contribution >= 4 is 27.5 Å². The van der Waals surface area contributed by atoms with Gasteiger partial charge in [0.15, 0.2) is 4.80 Å². The summed E-state index contributed by atoms with van der Waals surface area (Å²) in [4.78, 5) is 17.1. The SMILES string of the molecule is C#CCn1c(=NC(=O)Cc2ccc(F)cc2)sc2cc(C)c(C)cc21. The van der Waals surface area contributed by atoms with Crippen LogP contribution in [0.3, 0.4) is 0 Å². The first-order valence-corrected chi connectivity index (χ1v) is 8.65. The summed E-state index contributed by atoms with van der Waals surface area (Å²) in [6.45, 7) is 4.45. The lowest BCUT2D eigenvalue weighted by Crippen LogP contribution is -2.17. The van der Waals surface area contributed by atoms with Crippen molar-refractivity contribution < 1.29 is 9.18 Å². The Bertz CT molecular complexity index is 1050. The van der Waals surface area contributed by atoms with Gasteiger partial charge in [-0.2, -0.15) is 4.99 Å². The third-order valence-electron chi connectivity index (χ3n) is 4.04. The van der Waals surface area contributed by atoms with E-state index in [2.05, 4.69) is 30.0 Å². The van der Waals surface area contributed by atoms with Crippen LogP contribution < -0.4 is 4.80 Å². The quantitative estimate of drug-likeness (QED) is 0.661. The molecule has 0 saturated carbocycles. The number of hydrogen-bond donors (Lipinski definition) is 0. The summed E-state index contributed by atoms with van der Waals surface area (Å²) in [6, 6.07) is 10.0. The van der Waals surface area contributed by atoms with Crippen LogP contribution in [-0.4, -0.2) is 10.5 Å². The Morgan fingerprint density at radius 1 is 1.24 bits per heavy atom. The second-order valence-electron chi connectivity index (χ2n) is 5.89. The molecular weight excluding hydrogens is 335 g/mol. The summed E-state index contributed by atoms with van der Waals surface area (Å²) in [7, 11) is 0. The van der Waals surface area contributed by atoms with Gasteiger partial charge >= 0.3 is 0 Å². The highest BCUT2D eigenvalue weighted by Gasteiger charge is 2.09. The van der Waals surface area contributed by atoms with Crippen molar-refractivity contribution in [1.82, 2.24) is 4.57 Å². The lowest BCUT2D eigenvalue weighted by atomic mass is 10.1. The Morgan fingerprint density at radius 3 is 2.60 bits per heavy atom. The molecule has 0 bridgehead atoms. The van der Waals surface area contributed by atoms with Crippen LogP contribution in [0.25, 0.3) is 10.2 Å². The summed E-state index contributed by atoms with van der Waals surface area (Å²) in [5.41, 5.74) is 4.07. The molecule has 25 heavy (non-hydrogen) atoms. The number of hydrogen-bond acceptors (Lipinski definition) is 2. The molecule has 5 heteroatoms. The van der Waals surface area contributed by atoms with Gasteiger partial charge in [0, 0.05) is 0 Å². The van der Waals surface area contributed by atoms with Gasteiger partial charge in [0.1, 0.15) is 5.82 Å². The molecule has 1 aromatic heterocycles. The highest BCUT2D eigenvalue weighted by molar-refractivity contribution is 7.16. The van der Waals surface area contributed by atoms with Gasteiger partial charge in [-0.3, -0.25) is 4.79 Å². The van der Waals surface area contributed by atoms with E-state index >= 15 is 0 Å². The van der Waals surface area contributed by atoms with E-state index in [1.807, 2.05) is 11.5 Å². The van der Waals surface area contributed by atoms with Gasteiger partial charge in [-0.15, -0.1) is 6.42 Å². The van der Waals surface area contributed by atoms with Crippen LogP contribution in [0.1, 0.15) is 16.7 Å². The van der Waals surface area contributed by atoms with Crippen LogP contribution in [0.2, 0.25) is 0 Å². The van der Waals surface area contributed by atoms with Crippen LogP contribution in [0, 0.1) is 32.0 Å². The van der Waals surface area contributed by atoms with Gasteiger partial charge in [-0.1, -0.05) is 29.4 Å². The third-order valence-corrected chi connectivity index (χ3v) is 5.08. The predicted molar refractivity (Wildman–Crippen MR) is 98.8 cm³/mol. The van der Waals surface area contributed by atoms with Crippen LogP contribution in [0.5, 0.6) is 0 Å². The number of halogens is 1. The molecule has 0 N–H and O–H groups in total. The number of fused-ring (bicyclic) bond motifs is 1. The van der Waals surface area contributed by atoms with Crippen LogP contribution in [0.15, 0.2) is 41.4 Å². The number of thiazole rings is 1. The van der Waals surface area contributed by atoms with Crippen LogP contribution in [-0.2, 0) is 17.8 Å². The van der Waals surface area contributed by atoms with Gasteiger partial charge in [0.05, 0.1) is 23.2 Å². The zero-order valence-electron chi connectivity index (χ0n) is 14.0. The van der Waals surface area contributed by atoms with Gasteiger partial charge < -0.3 is 4.57 Å². The van der Waals surface area contributed by atoms with Crippen molar-refractivity contribution in [3.8, 4) is 12.3 Å². The molecule has 0 saturated heterocycles. The number of aryl methyl sites for hydroxylation is 2. The number of terminal acetylenes is 1. The normalized spacial score (nSPS) is 11.7. The molecule has 0 aliphatic carbocycles. The standard InChI is InChI=1S/C20H17FN2OS/c1-4-9-23-17-10-13(2)14(3)11-18(17)25-20(23)22-19(24)12-15-5-7-16(21)8-6-15/h1,5-8,10-11H,9,12H2,2-3H3. The largest absolute Gasteiger partial charge is 0.305 e. The summed E-state index contributed by atoms with van der Waals surface area (Å²) in [5.74, 6) is 2.02. The second-order valence-corrected chi connectivity index (χ2v) is 6.90. The molecule has 3 nitrogen and oxygen atoms in total. The number of nitrogens with zero attached hydrogens (tertiary/aromatic N) is 2. The molecule has 0 radical (unpaired) electrons. The second kappa shape index (κ2) is 7.04. The number of rotatable bonds is 3. The average Bonchev–Trinajstić information content (AvgIpc) is 2.87. The fourth-order valence-corrected chi connectivity index (χ4v) is 3.70. The van der Waals surface area contributed by atoms with E-state index in [0.717, 1.165) is 15.8 Å². The molecule has 3 aromatic rings. The molecule has 0 atom stereocenters. The topological polar surface area (TPSA) is 34.4 Å². The zero-order chi connectivity index (χ0) is 18.0. The third kappa shape index (κ3) is 3.70. The van der Waals surface area contributed by atoms with Crippen molar-refractivity contribution in [1.29, 1.82) is 0 Å². The van der Waals surface area contributed by atoms with Crippen LogP contribution in [0.4, 0.5) is 4.39 Å². The van der Waals surface area contributed by atoms with Crippen molar-refractivity contribution in [2.75, 3.05) is 0 Å². The van der Waals surface area contributed by atoms with Crippen molar-refractivity contribution in [2.45, 2.75) is 26.8 Å². The molecule has 1 amide bonds. The number of aromatic nitrogens is 1. The molecule has 126 valence electrons. The highest BCUT2D eigenvalue weighted by atomic mass is 32.1. The zero-order valence-corrected chi connectivity index (χ0v) is 14.9. The summed E-state index contributed by atoms with van der Waals surface area (Å²) < 4.78 is 15.9. The first kappa shape index (κ1) is 17.1. The molecule has 0 spiro atoms. The fourth-order valence-electron chi connectivity index (χ4n) is 2.57. The van der Waals surface area contributed by atoms with Crippen molar-refractivity contribution in [2.24, 2.45) is 4.99 Å². The molecule has 0 aliphatic rings. The van der Waals surface area contributed by atoms with E-state index < -0.39 is 0 Å². The van der Waals surface area contributed by atoms with Crippen molar-refractivity contribution in [3.63, 3.8) is 0 Å². The first-order valence-electron chi connectivity index (χ1n) is 7.84. The first-order chi connectivity index (χ1) is 12.0. The Kier molecular flexibility index (Phi) is 4.82. The molecule has 1 heterocycles. The maximum atomic E-state index is 13.0. The van der Waals surface area contributed by atoms with Crippen LogP contribution >= 0.6 is 11.3 Å². The maximum Gasteiger partial charge on any atom is 0.252 e. The molecule has 0 fully saturated rings. The molecule has 0 unspecified atom stereocenters. The van der Waals surface area contributed by atoms with Gasteiger partial charge in [-0.25, -0.2) is 4.39 Å². The lowest BCUT2D eigenvalue weighted by Gasteiger charge is -2.03. The summed E-state index contributed by atoms with van der Waals surface area (Å²) in [5, 5.41) is 0. The fraction of sp³-hybridized carbons (Fsp3) is 0.200. The Balaban J connectivity index is 2.02. The lowest BCUT2D eigenvalue weighted by molar-refractivity contribution is -0.117. The maximum absolute atomic E-state index is 13.0. The smallest absolute Gasteiger partial charge is 0.252 e. The van der Waals surface area contributed by atoms with Gasteiger partial charge in [0.2, 0.25) is 0 Å². The van der Waals surface area contributed by atoms with Gasteiger partial charge in [0.25, 0.3) is 5.91 Å². The average molecular weight is 352 g/mol. The van der Waals surface area contributed by atoms with E-state index in [9.17, 15) is 9.18 Å².